The van der Waals surface area contributed by atoms with E-state index in [4.69, 9.17) is 16.3 Å². The van der Waals surface area contributed by atoms with Crippen LogP contribution in [0.15, 0.2) is 54.7 Å². The molecular weight excluding hydrogens is 585 g/mol. The van der Waals surface area contributed by atoms with Gasteiger partial charge in [-0.05, 0) is 101 Å². The van der Waals surface area contributed by atoms with Gasteiger partial charge < -0.3 is 19.9 Å². The van der Waals surface area contributed by atoms with Crippen LogP contribution in [0.2, 0.25) is 5.02 Å². The van der Waals surface area contributed by atoms with Crippen molar-refractivity contribution < 1.29 is 37.3 Å². The second-order valence-electron chi connectivity index (χ2n) is 11.6. The molecule has 1 unspecified atom stereocenters. The van der Waals surface area contributed by atoms with Gasteiger partial charge in [-0.1, -0.05) is 17.7 Å². The zero-order chi connectivity index (χ0) is 31.3. The van der Waals surface area contributed by atoms with E-state index in [-0.39, 0.29) is 34.1 Å². The summed E-state index contributed by atoms with van der Waals surface area (Å²) in [5, 5.41) is 12.6. The molecule has 1 atom stereocenters. The van der Waals surface area contributed by atoms with E-state index in [0.29, 0.717) is 36.2 Å². The molecule has 0 radical (unpaired) electrons. The number of carbonyl (C=O) groups is 2. The highest BCUT2D eigenvalue weighted by atomic mass is 35.5. The number of alkyl halides is 2. The van der Waals surface area contributed by atoms with Crippen LogP contribution in [-0.4, -0.2) is 40.3 Å². The summed E-state index contributed by atoms with van der Waals surface area (Å²) in [6.07, 6.45) is 4.15. The maximum atomic E-state index is 14.9. The SMILES string of the molecule is CC(C)(C)OC(=O)c1ccc(NC(=O)C(CC2CCC(O)CC2)c2ccc(-c3c(OC(F)F)ccc(Cl)c3F)cn2)cc1. The van der Waals surface area contributed by atoms with Gasteiger partial charge in [0, 0.05) is 17.4 Å². The number of carbonyl (C=O) groups excluding carboxylic acids is 2. The average molecular weight is 619 g/mol. The Bertz CT molecular complexity index is 1420. The molecule has 2 N–H and O–H groups in total. The van der Waals surface area contributed by atoms with Crippen LogP contribution in [0.3, 0.4) is 0 Å². The molecule has 0 spiro atoms. The van der Waals surface area contributed by atoms with Gasteiger partial charge in [0.1, 0.15) is 11.4 Å². The van der Waals surface area contributed by atoms with Crippen LogP contribution in [0.5, 0.6) is 5.75 Å². The van der Waals surface area contributed by atoms with Crippen LogP contribution in [0.1, 0.15) is 74.8 Å². The van der Waals surface area contributed by atoms with Crippen molar-refractivity contribution in [3.8, 4) is 16.9 Å². The van der Waals surface area contributed by atoms with Gasteiger partial charge in [0.2, 0.25) is 5.91 Å². The number of pyridine rings is 1. The zero-order valence-corrected chi connectivity index (χ0v) is 24.8. The molecule has 1 aliphatic carbocycles. The molecule has 7 nitrogen and oxygen atoms in total. The largest absolute Gasteiger partial charge is 0.456 e. The van der Waals surface area contributed by atoms with Crippen molar-refractivity contribution in [2.75, 3.05) is 5.32 Å². The fourth-order valence-electron chi connectivity index (χ4n) is 5.09. The van der Waals surface area contributed by atoms with Crippen LogP contribution in [0.4, 0.5) is 18.9 Å². The number of aliphatic hydroxyl groups excluding tert-OH is 1. The molecule has 1 amide bonds. The Morgan fingerprint density at radius 3 is 2.30 bits per heavy atom. The number of hydrogen-bond acceptors (Lipinski definition) is 6. The highest BCUT2D eigenvalue weighted by Crippen LogP contribution is 2.38. The first-order valence-corrected chi connectivity index (χ1v) is 14.4. The van der Waals surface area contributed by atoms with Crippen molar-refractivity contribution >= 4 is 29.2 Å². The van der Waals surface area contributed by atoms with Crippen molar-refractivity contribution in [2.45, 2.75) is 77.1 Å². The fourth-order valence-corrected chi connectivity index (χ4v) is 5.24. The molecule has 3 aromatic rings. The van der Waals surface area contributed by atoms with Crippen LogP contribution < -0.4 is 10.1 Å². The average Bonchev–Trinajstić information content (AvgIpc) is 2.94. The van der Waals surface area contributed by atoms with Crippen molar-refractivity contribution in [3.05, 3.63) is 76.8 Å². The molecular formula is C32H34ClF3N2O5. The van der Waals surface area contributed by atoms with E-state index in [1.807, 2.05) is 0 Å². The Morgan fingerprint density at radius 1 is 1.05 bits per heavy atom. The van der Waals surface area contributed by atoms with Crippen molar-refractivity contribution in [3.63, 3.8) is 0 Å². The van der Waals surface area contributed by atoms with E-state index < -0.39 is 35.7 Å². The van der Waals surface area contributed by atoms with Gasteiger partial charge in [0.05, 0.1) is 33.9 Å². The van der Waals surface area contributed by atoms with Gasteiger partial charge in [-0.2, -0.15) is 8.78 Å². The van der Waals surface area contributed by atoms with Gasteiger partial charge in [0.15, 0.2) is 5.82 Å². The van der Waals surface area contributed by atoms with E-state index >= 15 is 0 Å². The number of benzene rings is 2. The Labute approximate surface area is 253 Å². The predicted octanol–water partition coefficient (Wildman–Crippen LogP) is 7.76. The summed E-state index contributed by atoms with van der Waals surface area (Å²) in [6.45, 7) is 2.14. The van der Waals surface area contributed by atoms with Crippen molar-refractivity contribution in [1.29, 1.82) is 0 Å². The number of aliphatic hydroxyl groups is 1. The third kappa shape index (κ3) is 8.70. The van der Waals surface area contributed by atoms with E-state index in [1.165, 1.54) is 12.3 Å². The highest BCUT2D eigenvalue weighted by Gasteiger charge is 2.29. The summed E-state index contributed by atoms with van der Waals surface area (Å²) in [6, 6.07) is 11.7. The number of nitrogens with zero attached hydrogens (tertiary/aromatic N) is 1. The maximum absolute atomic E-state index is 14.9. The van der Waals surface area contributed by atoms with E-state index in [2.05, 4.69) is 15.0 Å². The quantitative estimate of drug-likeness (QED) is 0.238. The molecule has 1 aromatic heterocycles. The Morgan fingerprint density at radius 2 is 1.72 bits per heavy atom. The van der Waals surface area contributed by atoms with E-state index in [9.17, 15) is 27.9 Å². The lowest BCUT2D eigenvalue weighted by Gasteiger charge is -2.28. The third-order valence-electron chi connectivity index (χ3n) is 7.19. The van der Waals surface area contributed by atoms with Gasteiger partial charge in [-0.25, -0.2) is 9.18 Å². The Hall–Kier alpha value is -3.63. The molecule has 0 saturated heterocycles. The lowest BCUT2D eigenvalue weighted by Crippen LogP contribution is -2.27. The lowest BCUT2D eigenvalue weighted by atomic mass is 9.80. The Balaban J connectivity index is 1.59. The summed E-state index contributed by atoms with van der Waals surface area (Å²) in [7, 11) is 0. The number of amides is 1. The summed E-state index contributed by atoms with van der Waals surface area (Å²) >= 11 is 5.91. The number of ether oxygens (including phenoxy) is 2. The standard InChI is InChI=1S/C32H34ClF3N2O5/c1-32(2,3)43-30(41)19-6-9-21(10-7-19)38-29(40)23(16-18-4-11-22(39)12-5-18)25-14-8-20(17-37-25)27-26(42-31(35)36)15-13-24(33)28(27)34/h6-10,13-15,17-18,22-23,31,39H,4-5,11-12,16H2,1-3H3,(H,38,40). The zero-order valence-electron chi connectivity index (χ0n) is 24.1. The minimum absolute atomic E-state index is 0.150. The second kappa shape index (κ2) is 13.8. The van der Waals surface area contributed by atoms with Gasteiger partial charge in [-0.15, -0.1) is 0 Å². The molecule has 1 fully saturated rings. The number of nitrogens with one attached hydrogen (secondary N) is 1. The molecule has 1 aliphatic rings. The lowest BCUT2D eigenvalue weighted by molar-refractivity contribution is -0.118. The van der Waals surface area contributed by atoms with Crippen LogP contribution >= 0.6 is 11.6 Å². The van der Waals surface area contributed by atoms with Crippen LogP contribution in [-0.2, 0) is 9.53 Å². The highest BCUT2D eigenvalue weighted by molar-refractivity contribution is 6.31. The minimum Gasteiger partial charge on any atom is -0.456 e. The molecule has 43 heavy (non-hydrogen) atoms. The molecule has 1 heterocycles. The number of anilines is 1. The topological polar surface area (TPSA) is 97.8 Å². The first-order chi connectivity index (χ1) is 20.3. The first kappa shape index (κ1) is 32.3. The summed E-state index contributed by atoms with van der Waals surface area (Å²) in [4.78, 5) is 30.4. The monoisotopic (exact) mass is 618 g/mol. The van der Waals surface area contributed by atoms with E-state index in [1.54, 1.807) is 51.1 Å². The summed E-state index contributed by atoms with van der Waals surface area (Å²) in [5.74, 6) is -2.69. The fraction of sp³-hybridized carbons (Fsp3) is 0.406. The van der Waals surface area contributed by atoms with Gasteiger partial charge in [0.25, 0.3) is 0 Å². The van der Waals surface area contributed by atoms with Gasteiger partial charge >= 0.3 is 12.6 Å². The van der Waals surface area contributed by atoms with Crippen molar-refractivity contribution in [1.82, 2.24) is 4.98 Å². The van der Waals surface area contributed by atoms with Crippen LogP contribution in [0, 0.1) is 11.7 Å². The van der Waals surface area contributed by atoms with Gasteiger partial charge in [-0.3, -0.25) is 9.78 Å². The van der Waals surface area contributed by atoms with Crippen LogP contribution in [0.25, 0.3) is 11.1 Å². The van der Waals surface area contributed by atoms with Crippen molar-refractivity contribution in [2.24, 2.45) is 5.92 Å². The molecule has 2 aromatic carbocycles. The number of hydrogen-bond donors (Lipinski definition) is 2. The molecule has 0 bridgehead atoms. The number of aromatic nitrogens is 1. The maximum Gasteiger partial charge on any atom is 0.387 e. The normalized spacial score (nSPS) is 17.8. The minimum atomic E-state index is -3.17. The summed E-state index contributed by atoms with van der Waals surface area (Å²) in [5.41, 5.74) is 0.441. The number of rotatable bonds is 9. The number of esters is 1. The molecule has 1 saturated carbocycles. The molecule has 4 rings (SSSR count). The molecule has 11 heteroatoms. The van der Waals surface area contributed by atoms with E-state index in [0.717, 1.165) is 25.0 Å². The molecule has 0 aliphatic heterocycles. The smallest absolute Gasteiger partial charge is 0.387 e. The first-order valence-electron chi connectivity index (χ1n) is 14.0. The second-order valence-corrected chi connectivity index (χ2v) is 12.0. The third-order valence-corrected chi connectivity index (χ3v) is 7.49. The summed E-state index contributed by atoms with van der Waals surface area (Å²) < 4.78 is 50.8. The Kier molecular flexibility index (Phi) is 10.3. The predicted molar refractivity (Wildman–Crippen MR) is 157 cm³/mol. The number of halogens is 4. The molecule has 230 valence electrons.